The van der Waals surface area contributed by atoms with Crippen LogP contribution in [-0.4, -0.2) is 30.1 Å². The first-order valence-corrected chi connectivity index (χ1v) is 3.24. The fraction of sp³-hybridized carbons (Fsp3) is 0.833. The Kier molecular flexibility index (Phi) is 3.38. The minimum absolute atomic E-state index is 0.152. The summed E-state index contributed by atoms with van der Waals surface area (Å²) in [5, 5.41) is 10.4. The molecule has 3 nitrogen and oxygen atoms in total. The maximum Gasteiger partial charge on any atom is 0.349 e. The second-order valence-electron chi connectivity index (χ2n) is 2.13. The van der Waals surface area contributed by atoms with Crippen molar-refractivity contribution in [2.24, 2.45) is 0 Å². The zero-order valence-electron chi connectivity index (χ0n) is 6.40. The van der Waals surface area contributed by atoms with E-state index in [1.165, 1.54) is 6.92 Å². The second-order valence-corrected chi connectivity index (χ2v) is 2.13. The van der Waals surface area contributed by atoms with Gasteiger partial charge in [-0.05, 0) is 6.42 Å². The lowest BCUT2D eigenvalue weighted by Gasteiger charge is -2.18. The maximum absolute atomic E-state index is 12.5. The molecule has 0 aromatic rings. The zero-order valence-corrected chi connectivity index (χ0v) is 6.40. The average Bonchev–Trinajstić information content (AvgIpc) is 2.01. The molecule has 11 heavy (non-hydrogen) atoms. The summed E-state index contributed by atoms with van der Waals surface area (Å²) in [7, 11) is 1.10. The van der Waals surface area contributed by atoms with E-state index in [1.807, 2.05) is 0 Å². The Morgan fingerprint density at radius 2 is 2.18 bits per heavy atom. The summed E-state index contributed by atoms with van der Waals surface area (Å²) in [4.78, 5) is 10.4. The Balaban J connectivity index is 4.31. The molecule has 0 saturated heterocycles. The Morgan fingerprint density at radius 3 is 2.45 bits per heavy atom. The lowest BCUT2D eigenvalue weighted by molar-refractivity contribution is -0.162. The van der Waals surface area contributed by atoms with Gasteiger partial charge in [-0.3, -0.25) is 4.79 Å². The van der Waals surface area contributed by atoms with Crippen LogP contribution in [0.3, 0.4) is 0 Å². The molecule has 0 rings (SSSR count). The minimum atomic E-state index is -3.68. The van der Waals surface area contributed by atoms with Gasteiger partial charge in [0.25, 0.3) is 5.91 Å². The van der Waals surface area contributed by atoms with E-state index in [-0.39, 0.29) is 6.42 Å². The number of hydrogen-bond acceptors (Lipinski definition) is 2. The molecule has 0 spiro atoms. The van der Waals surface area contributed by atoms with Crippen LogP contribution in [0.1, 0.15) is 13.3 Å². The Bertz CT molecular complexity index is 150. The van der Waals surface area contributed by atoms with Crippen LogP contribution in [0, 0.1) is 0 Å². The third kappa shape index (κ3) is 2.11. The number of hydrogen-bond donors (Lipinski definition) is 2. The number of aliphatic hydroxyl groups is 1. The predicted octanol–water partition coefficient (Wildman–Crippen LogP) is 0.139. The summed E-state index contributed by atoms with van der Waals surface area (Å²) in [6, 6.07) is 0. The predicted molar refractivity (Wildman–Crippen MR) is 35.3 cm³/mol. The van der Waals surface area contributed by atoms with Gasteiger partial charge in [0.2, 0.25) is 0 Å². The molecule has 66 valence electrons. The number of carbonyl (C=O) groups is 1. The van der Waals surface area contributed by atoms with Crippen LogP contribution >= 0.6 is 0 Å². The quantitative estimate of drug-likeness (QED) is 0.628. The van der Waals surface area contributed by atoms with E-state index in [9.17, 15) is 13.6 Å². The van der Waals surface area contributed by atoms with E-state index >= 15 is 0 Å². The van der Waals surface area contributed by atoms with Gasteiger partial charge in [-0.2, -0.15) is 8.78 Å². The van der Waals surface area contributed by atoms with Gasteiger partial charge in [-0.25, -0.2) is 0 Å². The van der Waals surface area contributed by atoms with Gasteiger partial charge >= 0.3 is 5.92 Å². The van der Waals surface area contributed by atoms with Crippen molar-refractivity contribution in [2.45, 2.75) is 25.4 Å². The van der Waals surface area contributed by atoms with E-state index in [0.717, 1.165) is 7.05 Å². The summed E-state index contributed by atoms with van der Waals surface area (Å²) < 4.78 is 25.1. The molecule has 0 aromatic heterocycles. The van der Waals surface area contributed by atoms with Gasteiger partial charge in [0.15, 0.2) is 0 Å². The summed E-state index contributed by atoms with van der Waals surface area (Å²) in [5.41, 5.74) is 0. The van der Waals surface area contributed by atoms with Gasteiger partial charge < -0.3 is 10.4 Å². The fourth-order valence-corrected chi connectivity index (χ4v) is 0.574. The summed E-state index contributed by atoms with van der Waals surface area (Å²) >= 11 is 0. The van der Waals surface area contributed by atoms with Crippen LogP contribution in [0.5, 0.6) is 0 Å². The Labute approximate surface area is 63.4 Å². The topological polar surface area (TPSA) is 49.3 Å². The molecule has 0 aliphatic carbocycles. The summed E-state index contributed by atoms with van der Waals surface area (Å²) in [6.45, 7) is 1.38. The molecule has 0 radical (unpaired) electrons. The molecule has 0 bridgehead atoms. The largest absolute Gasteiger partial charge is 0.386 e. The highest BCUT2D eigenvalue weighted by molar-refractivity contribution is 5.83. The molecule has 0 saturated carbocycles. The fourth-order valence-electron chi connectivity index (χ4n) is 0.574. The first-order chi connectivity index (χ1) is 4.96. The first kappa shape index (κ1) is 10.3. The lowest BCUT2D eigenvalue weighted by atomic mass is 10.1. The van der Waals surface area contributed by atoms with Crippen LogP contribution in [0.25, 0.3) is 0 Å². The second kappa shape index (κ2) is 3.61. The number of alkyl halides is 2. The number of amides is 1. The van der Waals surface area contributed by atoms with Crippen LogP contribution in [0.2, 0.25) is 0 Å². The Hall–Kier alpha value is -0.710. The van der Waals surface area contributed by atoms with Crippen molar-refractivity contribution in [2.75, 3.05) is 7.05 Å². The van der Waals surface area contributed by atoms with Crippen molar-refractivity contribution in [3.05, 3.63) is 0 Å². The highest BCUT2D eigenvalue weighted by atomic mass is 19.3. The number of nitrogens with one attached hydrogen (secondary N) is 1. The van der Waals surface area contributed by atoms with Gasteiger partial charge in [0, 0.05) is 7.05 Å². The van der Waals surface area contributed by atoms with Crippen LogP contribution in [0.15, 0.2) is 0 Å². The normalized spacial score (nSPS) is 14.3. The monoisotopic (exact) mass is 167 g/mol. The van der Waals surface area contributed by atoms with Gasteiger partial charge in [-0.15, -0.1) is 0 Å². The van der Waals surface area contributed by atoms with Crippen molar-refractivity contribution >= 4 is 5.91 Å². The lowest BCUT2D eigenvalue weighted by Crippen LogP contribution is -2.46. The molecule has 1 unspecified atom stereocenters. The SMILES string of the molecule is CCC(O)C(F)(F)C(=O)NC. The number of carbonyl (C=O) groups excluding carboxylic acids is 1. The standard InChI is InChI=1S/C6H11F2NO2/c1-3-4(10)6(7,8)5(11)9-2/h4,10H,3H2,1-2H3,(H,9,11). The first-order valence-electron chi connectivity index (χ1n) is 3.24. The Morgan fingerprint density at radius 1 is 1.73 bits per heavy atom. The molecule has 0 heterocycles. The molecule has 0 aromatic carbocycles. The molecule has 1 amide bonds. The summed E-state index contributed by atoms with van der Waals surface area (Å²) in [5.74, 6) is -5.13. The van der Waals surface area contributed by atoms with Crippen molar-refractivity contribution in [3.8, 4) is 0 Å². The van der Waals surface area contributed by atoms with Gasteiger partial charge in [-0.1, -0.05) is 6.92 Å². The van der Waals surface area contributed by atoms with Crippen LogP contribution in [-0.2, 0) is 4.79 Å². The molecule has 5 heteroatoms. The van der Waals surface area contributed by atoms with Gasteiger partial charge in [0.05, 0.1) is 0 Å². The highest BCUT2D eigenvalue weighted by Crippen LogP contribution is 2.20. The van der Waals surface area contributed by atoms with Crippen molar-refractivity contribution in [1.82, 2.24) is 5.32 Å². The van der Waals surface area contributed by atoms with Crippen molar-refractivity contribution < 1.29 is 18.7 Å². The van der Waals surface area contributed by atoms with Crippen LogP contribution in [0.4, 0.5) is 8.78 Å². The zero-order chi connectivity index (χ0) is 9.07. The van der Waals surface area contributed by atoms with Crippen LogP contribution < -0.4 is 5.32 Å². The average molecular weight is 167 g/mol. The van der Waals surface area contributed by atoms with Crippen molar-refractivity contribution in [3.63, 3.8) is 0 Å². The molecule has 0 fully saturated rings. The maximum atomic E-state index is 12.5. The minimum Gasteiger partial charge on any atom is -0.386 e. The van der Waals surface area contributed by atoms with E-state index in [2.05, 4.69) is 0 Å². The van der Waals surface area contributed by atoms with E-state index in [4.69, 9.17) is 5.11 Å². The highest BCUT2D eigenvalue weighted by Gasteiger charge is 2.44. The van der Waals surface area contributed by atoms with Crippen molar-refractivity contribution in [1.29, 1.82) is 0 Å². The number of aliphatic hydroxyl groups excluding tert-OH is 1. The van der Waals surface area contributed by atoms with E-state index < -0.39 is 17.9 Å². The smallest absolute Gasteiger partial charge is 0.349 e. The van der Waals surface area contributed by atoms with Gasteiger partial charge in [0.1, 0.15) is 6.10 Å². The molecular formula is C6H11F2NO2. The molecule has 0 aliphatic rings. The molecular weight excluding hydrogens is 156 g/mol. The molecule has 1 atom stereocenters. The third-order valence-electron chi connectivity index (χ3n) is 1.34. The van der Waals surface area contributed by atoms with E-state index in [0.29, 0.717) is 0 Å². The third-order valence-corrected chi connectivity index (χ3v) is 1.34. The molecule has 2 N–H and O–H groups in total. The number of halogens is 2. The van der Waals surface area contributed by atoms with E-state index in [1.54, 1.807) is 5.32 Å². The molecule has 0 aliphatic heterocycles. The summed E-state index contributed by atoms with van der Waals surface area (Å²) in [6.07, 6.45) is -2.05. The number of rotatable bonds is 3.